The van der Waals surface area contributed by atoms with Gasteiger partial charge in [0.2, 0.25) is 0 Å². The van der Waals surface area contributed by atoms with Crippen LogP contribution in [-0.2, 0) is 17.7 Å². The van der Waals surface area contributed by atoms with Crippen LogP contribution < -0.4 is 10.9 Å². The molecule has 6 heteroatoms. The van der Waals surface area contributed by atoms with Crippen molar-refractivity contribution in [3.63, 3.8) is 0 Å². The number of hydrogen-bond donors (Lipinski definition) is 1. The van der Waals surface area contributed by atoms with Crippen LogP contribution in [0.4, 0.5) is 0 Å². The fourth-order valence-corrected chi connectivity index (χ4v) is 8.60. The topological polar surface area (TPSA) is 73.2 Å². The number of aryl methyl sites for hydroxylation is 1. The Hall–Kier alpha value is -2.21. The molecule has 1 N–H and O–H groups in total. The van der Waals surface area contributed by atoms with Gasteiger partial charge in [-0.25, -0.2) is 4.98 Å². The van der Waals surface area contributed by atoms with Crippen molar-refractivity contribution in [2.24, 2.45) is 16.7 Å². The van der Waals surface area contributed by atoms with Gasteiger partial charge >= 0.3 is 0 Å². The monoisotopic (exact) mass is 463 g/mol. The Morgan fingerprint density at radius 2 is 1.91 bits per heavy atom. The van der Waals surface area contributed by atoms with E-state index in [1.54, 1.807) is 18.2 Å². The number of hydrogen-bond acceptors (Lipinski definition) is 4. The van der Waals surface area contributed by atoms with Crippen molar-refractivity contribution in [2.75, 3.05) is 13.2 Å². The predicted molar refractivity (Wildman–Crippen MR) is 132 cm³/mol. The van der Waals surface area contributed by atoms with Gasteiger partial charge in [-0.3, -0.25) is 14.2 Å². The molecule has 0 radical (unpaired) electrons. The molecule has 5 aliphatic rings. The Labute approximate surface area is 201 Å². The summed E-state index contributed by atoms with van der Waals surface area (Å²) in [5, 5.41) is 3.62. The van der Waals surface area contributed by atoms with Crippen molar-refractivity contribution in [2.45, 2.75) is 90.2 Å². The highest BCUT2D eigenvalue weighted by molar-refractivity contribution is 5.97. The zero-order valence-corrected chi connectivity index (χ0v) is 20.6. The third kappa shape index (κ3) is 3.88. The summed E-state index contributed by atoms with van der Waals surface area (Å²) in [4.78, 5) is 30.5. The lowest BCUT2D eigenvalue weighted by Gasteiger charge is -2.65. The molecule has 0 saturated heterocycles. The Morgan fingerprint density at radius 3 is 2.68 bits per heavy atom. The number of benzene rings is 1. The third-order valence-corrected chi connectivity index (χ3v) is 8.95. The van der Waals surface area contributed by atoms with Crippen molar-refractivity contribution in [3.8, 4) is 0 Å². The van der Waals surface area contributed by atoms with E-state index < -0.39 is 0 Å². The molecule has 34 heavy (non-hydrogen) atoms. The summed E-state index contributed by atoms with van der Waals surface area (Å²) >= 11 is 0. The average Bonchev–Trinajstić information content (AvgIpc) is 2.99. The van der Waals surface area contributed by atoms with Crippen molar-refractivity contribution in [3.05, 3.63) is 39.9 Å². The van der Waals surface area contributed by atoms with Gasteiger partial charge in [-0.15, -0.1) is 0 Å². The van der Waals surface area contributed by atoms with Gasteiger partial charge < -0.3 is 10.1 Å². The largest absolute Gasteiger partial charge is 0.373 e. The predicted octanol–water partition coefficient (Wildman–Crippen LogP) is 4.62. The number of carbonyl (C=O) groups is 1. The zero-order chi connectivity index (χ0) is 23.6. The van der Waals surface area contributed by atoms with Gasteiger partial charge in [0, 0.05) is 25.1 Å². The molecule has 1 amide bonds. The van der Waals surface area contributed by atoms with Gasteiger partial charge in [-0.05, 0) is 86.3 Å². The van der Waals surface area contributed by atoms with Crippen LogP contribution >= 0.6 is 0 Å². The third-order valence-electron chi connectivity index (χ3n) is 8.95. The number of rotatable bonds is 5. The van der Waals surface area contributed by atoms with Gasteiger partial charge in [0.15, 0.2) is 0 Å². The second-order valence-electron chi connectivity index (χ2n) is 12.4. The Kier molecular flexibility index (Phi) is 5.18. The van der Waals surface area contributed by atoms with E-state index in [0.29, 0.717) is 40.4 Å². The van der Waals surface area contributed by atoms with Crippen molar-refractivity contribution in [1.82, 2.24) is 14.9 Å². The Morgan fingerprint density at radius 1 is 1.12 bits per heavy atom. The van der Waals surface area contributed by atoms with Crippen LogP contribution in [0.5, 0.6) is 0 Å². The molecule has 4 bridgehead atoms. The highest BCUT2D eigenvalue weighted by atomic mass is 16.5. The maximum Gasteiger partial charge on any atom is 0.261 e. The van der Waals surface area contributed by atoms with E-state index in [1.807, 2.05) is 4.57 Å². The highest BCUT2D eigenvalue weighted by Crippen LogP contribution is 2.67. The molecule has 182 valence electrons. The number of aromatic nitrogens is 2. The normalized spacial score (nSPS) is 34.1. The molecule has 7 rings (SSSR count). The quantitative estimate of drug-likeness (QED) is 0.657. The standard InChI is InChI=1S/C28H37N3O3/c1-26-13-19-14-27(2,16-26)18-28(15-19,17-26)34-11-9-29-24(32)20-7-8-21-22(12-20)30-23-6-4-3-5-10-31(23)25(21)33/h7-8,12,19H,3-6,9-11,13-18H2,1-2H3,(H,29,32)/t19?,26-,27+,28?. The number of fused-ring (bicyclic) bond motifs is 2. The molecule has 4 aliphatic carbocycles. The van der Waals surface area contributed by atoms with E-state index in [0.717, 1.165) is 56.8 Å². The second-order valence-corrected chi connectivity index (χ2v) is 12.4. The number of carbonyl (C=O) groups excluding carboxylic acids is 1. The lowest BCUT2D eigenvalue weighted by Crippen LogP contribution is -2.59. The molecule has 0 spiro atoms. The minimum atomic E-state index is -0.133. The maximum atomic E-state index is 12.9. The molecule has 1 aromatic carbocycles. The first-order valence-electron chi connectivity index (χ1n) is 13.2. The molecular weight excluding hydrogens is 426 g/mol. The van der Waals surface area contributed by atoms with Gasteiger partial charge in [-0.2, -0.15) is 0 Å². The van der Waals surface area contributed by atoms with Gasteiger partial charge in [0.25, 0.3) is 11.5 Å². The summed E-state index contributed by atoms with van der Waals surface area (Å²) in [7, 11) is 0. The summed E-state index contributed by atoms with van der Waals surface area (Å²) in [6, 6.07) is 5.26. The molecular formula is C28H37N3O3. The van der Waals surface area contributed by atoms with Crippen LogP contribution in [0, 0.1) is 16.7 Å². The van der Waals surface area contributed by atoms with E-state index in [1.165, 1.54) is 25.7 Å². The van der Waals surface area contributed by atoms with Crippen LogP contribution in [0.1, 0.15) is 87.8 Å². The number of amides is 1. The summed E-state index contributed by atoms with van der Waals surface area (Å²) in [5.41, 5.74) is 2.03. The van der Waals surface area contributed by atoms with Crippen LogP contribution in [-0.4, -0.2) is 34.2 Å². The van der Waals surface area contributed by atoms with Crippen molar-refractivity contribution >= 4 is 16.8 Å². The highest BCUT2D eigenvalue weighted by Gasteiger charge is 2.60. The summed E-state index contributed by atoms with van der Waals surface area (Å²) in [5.74, 6) is 1.51. The molecule has 4 saturated carbocycles. The fourth-order valence-electron chi connectivity index (χ4n) is 8.60. The van der Waals surface area contributed by atoms with Gasteiger partial charge in [0.1, 0.15) is 5.82 Å². The van der Waals surface area contributed by atoms with Gasteiger partial charge in [0.05, 0.1) is 23.1 Å². The summed E-state index contributed by atoms with van der Waals surface area (Å²) < 4.78 is 8.37. The van der Waals surface area contributed by atoms with Gasteiger partial charge in [-0.1, -0.05) is 20.3 Å². The minimum Gasteiger partial charge on any atom is -0.373 e. The molecule has 4 atom stereocenters. The van der Waals surface area contributed by atoms with Crippen LogP contribution in [0.2, 0.25) is 0 Å². The number of nitrogens with zero attached hydrogens (tertiary/aromatic N) is 2. The first-order chi connectivity index (χ1) is 16.3. The summed E-state index contributed by atoms with van der Waals surface area (Å²) in [6.07, 6.45) is 11.6. The lowest BCUT2D eigenvalue weighted by atomic mass is 9.43. The SMILES string of the molecule is C[C@]12CC3CC(OCCNC(=O)c4ccc5c(=O)n6c(nc5c4)CCCCC6)(C1)C[C@@](C)(C3)C2. The fraction of sp³-hybridized carbons (Fsp3) is 0.679. The molecule has 1 aliphatic heterocycles. The molecule has 2 heterocycles. The van der Waals surface area contributed by atoms with Crippen LogP contribution in [0.25, 0.3) is 10.9 Å². The van der Waals surface area contributed by atoms with Crippen molar-refractivity contribution < 1.29 is 9.53 Å². The molecule has 4 fully saturated rings. The van der Waals surface area contributed by atoms with E-state index in [4.69, 9.17) is 9.72 Å². The molecule has 2 aromatic rings. The van der Waals surface area contributed by atoms with E-state index in [9.17, 15) is 9.59 Å². The molecule has 6 nitrogen and oxygen atoms in total. The molecule has 1 aromatic heterocycles. The summed E-state index contributed by atoms with van der Waals surface area (Å²) in [6.45, 7) is 6.68. The first-order valence-corrected chi connectivity index (χ1v) is 13.2. The first kappa shape index (κ1) is 22.3. The van der Waals surface area contributed by atoms with Crippen molar-refractivity contribution in [1.29, 1.82) is 0 Å². The van der Waals surface area contributed by atoms with E-state index in [2.05, 4.69) is 19.2 Å². The smallest absolute Gasteiger partial charge is 0.261 e. The average molecular weight is 464 g/mol. The maximum absolute atomic E-state index is 12.9. The van der Waals surface area contributed by atoms with Crippen LogP contribution in [0.3, 0.4) is 0 Å². The van der Waals surface area contributed by atoms with E-state index >= 15 is 0 Å². The van der Waals surface area contributed by atoms with Crippen LogP contribution in [0.15, 0.2) is 23.0 Å². The zero-order valence-electron chi connectivity index (χ0n) is 20.6. The number of nitrogens with one attached hydrogen (secondary N) is 1. The minimum absolute atomic E-state index is 0.000509. The lowest BCUT2D eigenvalue weighted by molar-refractivity contribution is -0.213. The number of ether oxygens (including phenoxy) is 1. The second kappa shape index (κ2) is 7.91. The Balaban J connectivity index is 1.11. The molecule has 2 unspecified atom stereocenters. The van der Waals surface area contributed by atoms with E-state index in [-0.39, 0.29) is 17.1 Å². The Bertz CT molecular complexity index is 1180.